The summed E-state index contributed by atoms with van der Waals surface area (Å²) in [6.45, 7) is 8.36. The molecule has 0 saturated heterocycles. The number of carbonyl (C=O) groups excluding carboxylic acids is 4. The van der Waals surface area contributed by atoms with Gasteiger partial charge in [-0.2, -0.15) is 0 Å². The molecule has 2 aromatic carbocycles. The van der Waals surface area contributed by atoms with Gasteiger partial charge < -0.3 is 25.8 Å². The normalized spacial score (nSPS) is 11.3. The summed E-state index contributed by atoms with van der Waals surface area (Å²) in [6.07, 6.45) is -1.57. The Morgan fingerprint density at radius 2 is 1.59 bits per heavy atom. The Balaban J connectivity index is 0.00000254. The van der Waals surface area contributed by atoms with E-state index in [0.29, 0.717) is 14.9 Å². The lowest BCUT2D eigenvalue weighted by atomic mass is 10.1. The van der Waals surface area contributed by atoms with Crippen LogP contribution >= 0.6 is 35.0 Å². The molecule has 3 aromatic rings. The van der Waals surface area contributed by atoms with Crippen molar-refractivity contribution < 1.29 is 33.8 Å². The average Bonchev–Trinajstić information content (AvgIpc) is 3.48. The predicted molar refractivity (Wildman–Crippen MR) is 173 cm³/mol. The highest BCUT2D eigenvalue weighted by Gasteiger charge is 2.28. The molecule has 250 valence electrons. The van der Waals surface area contributed by atoms with Crippen LogP contribution in [0.1, 0.15) is 46.6 Å². The van der Waals surface area contributed by atoms with Crippen molar-refractivity contribution in [3.05, 3.63) is 64.1 Å². The van der Waals surface area contributed by atoms with Crippen molar-refractivity contribution in [2.45, 2.75) is 76.3 Å². The van der Waals surface area contributed by atoms with Gasteiger partial charge in [-0.3, -0.25) is 19.2 Å². The van der Waals surface area contributed by atoms with Crippen LogP contribution in [0.3, 0.4) is 0 Å². The van der Waals surface area contributed by atoms with Crippen LogP contribution in [0.5, 0.6) is 0 Å². The topological polar surface area (TPSA) is 194 Å². The second-order valence-electron chi connectivity index (χ2n) is 8.60. The number of Topliss-reactive ketones (excluding diaryl/α,β-unsaturated/α-hetero) is 1. The molecule has 1 aromatic heterocycles. The summed E-state index contributed by atoms with van der Waals surface area (Å²) in [4.78, 5) is 61.6. The maximum Gasteiger partial charge on any atom is 0.407 e. The molecule has 14 nitrogen and oxygen atoms in total. The first-order valence-electron chi connectivity index (χ1n) is 14.2. The Bertz CT molecular complexity index is 1420. The third kappa shape index (κ3) is 13.8. The summed E-state index contributed by atoms with van der Waals surface area (Å²) in [5, 5.41) is 28.2. The molecule has 0 aliphatic rings. The number of alkyl carbamates (subject to hydrolysis) is 1. The van der Waals surface area contributed by atoms with Gasteiger partial charge >= 0.3 is 12.1 Å². The number of benzene rings is 2. The fourth-order valence-electron chi connectivity index (χ4n) is 3.30. The maximum absolute atomic E-state index is 13.0. The van der Waals surface area contributed by atoms with Crippen LogP contribution in [-0.2, 0) is 37.1 Å². The second kappa shape index (κ2) is 21.5. The van der Waals surface area contributed by atoms with Crippen LogP contribution in [0.15, 0.2) is 58.6 Å². The van der Waals surface area contributed by atoms with E-state index in [1.807, 2.05) is 33.8 Å². The number of hydrogen-bond acceptors (Lipinski definition) is 10. The zero-order valence-electron chi connectivity index (χ0n) is 26.0. The number of aromatic nitrogens is 4. The zero-order chi connectivity index (χ0) is 34.6. The molecular formula is C29H37Cl2N7O7S. The van der Waals surface area contributed by atoms with E-state index >= 15 is 0 Å². The van der Waals surface area contributed by atoms with Gasteiger partial charge in [0, 0.05) is 0 Å². The molecular weight excluding hydrogens is 661 g/mol. The van der Waals surface area contributed by atoms with Crippen molar-refractivity contribution in [2.24, 2.45) is 0 Å². The van der Waals surface area contributed by atoms with Gasteiger partial charge in [-0.05, 0) is 46.8 Å². The minimum Gasteiger partial charge on any atom is -0.481 e. The van der Waals surface area contributed by atoms with Gasteiger partial charge in [0.15, 0.2) is 5.78 Å². The molecule has 2 atom stereocenters. The van der Waals surface area contributed by atoms with E-state index in [9.17, 15) is 29.1 Å². The molecule has 2 unspecified atom stereocenters. The van der Waals surface area contributed by atoms with Crippen molar-refractivity contribution in [3.8, 4) is 0 Å². The Morgan fingerprint density at radius 1 is 0.957 bits per heavy atom. The van der Waals surface area contributed by atoms with Gasteiger partial charge in [0.25, 0.3) is 0 Å². The second-order valence-corrected chi connectivity index (χ2v) is 10.4. The minimum atomic E-state index is -1.47. The van der Waals surface area contributed by atoms with E-state index in [0.717, 1.165) is 22.0 Å². The van der Waals surface area contributed by atoms with E-state index < -0.39 is 61.3 Å². The molecule has 1 heterocycles. The Kier molecular flexibility index (Phi) is 18.6. The highest BCUT2D eigenvalue weighted by atomic mass is 35.5. The number of rotatable bonds is 14. The van der Waals surface area contributed by atoms with Gasteiger partial charge in [0.1, 0.15) is 25.7 Å². The molecule has 3 amide bonds. The Hall–Kier alpha value is -4.21. The third-order valence-electron chi connectivity index (χ3n) is 5.38. The van der Waals surface area contributed by atoms with Crippen LogP contribution < -0.4 is 16.0 Å². The average molecular weight is 699 g/mol. The lowest BCUT2D eigenvalue weighted by molar-refractivity contribution is -0.140. The summed E-state index contributed by atoms with van der Waals surface area (Å²) < 4.78 is 6.12. The third-order valence-corrected chi connectivity index (χ3v) is 7.35. The molecule has 0 radical (unpaired) electrons. The van der Waals surface area contributed by atoms with E-state index in [2.05, 4.69) is 31.5 Å². The molecule has 0 bridgehead atoms. The van der Waals surface area contributed by atoms with Crippen molar-refractivity contribution in [2.75, 3.05) is 6.54 Å². The summed E-state index contributed by atoms with van der Waals surface area (Å²) in [6, 6.07) is 11.1. The molecule has 0 spiro atoms. The monoisotopic (exact) mass is 697 g/mol. The number of ether oxygens (including phenoxy) is 1. The minimum absolute atomic E-state index is 0.00464. The maximum atomic E-state index is 13.0. The fourth-order valence-corrected chi connectivity index (χ4v) is 4.73. The van der Waals surface area contributed by atoms with Crippen LogP contribution in [0, 0.1) is 0 Å². The van der Waals surface area contributed by atoms with Crippen LogP contribution in [0.2, 0.25) is 10.0 Å². The van der Waals surface area contributed by atoms with Crippen LogP contribution in [0.25, 0.3) is 0 Å². The molecule has 0 fully saturated rings. The van der Waals surface area contributed by atoms with E-state index in [1.54, 1.807) is 42.5 Å². The number of nitrogens with zero attached hydrogens (tertiary/aromatic N) is 4. The standard InChI is InChI=1S/C25H25Cl2N7O7S.2C2H6/c1-14(29-20(36)11-28-25(40)41-13-15-6-3-2-4-7-15)23(39)30-18(10-21(37)38)19(35)12-34-24(31-32-33-34)42-22-16(26)8-5-9-17(22)27;2*1-2/h2-9,14,18H,10-13H2,1H3,(H,28,40)(H,29,36)(H,30,39)(H,37,38);2*1-2H3. The number of tetrazole rings is 1. The summed E-state index contributed by atoms with van der Waals surface area (Å²) in [7, 11) is 0. The zero-order valence-corrected chi connectivity index (χ0v) is 28.3. The number of carboxylic acid groups (broad SMARTS) is 1. The lowest BCUT2D eigenvalue weighted by Gasteiger charge is -2.20. The van der Waals surface area contributed by atoms with Crippen molar-refractivity contribution in [3.63, 3.8) is 0 Å². The summed E-state index contributed by atoms with van der Waals surface area (Å²) in [5.41, 5.74) is 0.757. The fraction of sp³-hybridized carbons (Fsp3) is 0.379. The molecule has 0 saturated carbocycles. The number of aliphatic carboxylic acids is 1. The molecule has 0 aliphatic carbocycles. The molecule has 0 aliphatic heterocycles. The summed E-state index contributed by atoms with van der Waals surface area (Å²) in [5.74, 6) is -3.61. The smallest absolute Gasteiger partial charge is 0.407 e. The van der Waals surface area contributed by atoms with Gasteiger partial charge in [-0.1, -0.05) is 87.3 Å². The number of carbonyl (C=O) groups is 5. The molecule has 46 heavy (non-hydrogen) atoms. The van der Waals surface area contributed by atoms with Crippen molar-refractivity contribution >= 4 is 64.6 Å². The largest absolute Gasteiger partial charge is 0.481 e. The van der Waals surface area contributed by atoms with E-state index in [1.165, 1.54) is 6.92 Å². The van der Waals surface area contributed by atoms with E-state index in [-0.39, 0.29) is 11.8 Å². The number of halogens is 2. The first-order valence-corrected chi connectivity index (χ1v) is 15.8. The van der Waals surface area contributed by atoms with Gasteiger partial charge in [-0.25, -0.2) is 9.48 Å². The number of carboxylic acids is 1. The first kappa shape index (κ1) is 39.8. The predicted octanol–water partition coefficient (Wildman–Crippen LogP) is 4.14. The van der Waals surface area contributed by atoms with Gasteiger partial charge in [-0.15, -0.1) is 5.10 Å². The molecule has 17 heteroatoms. The van der Waals surface area contributed by atoms with E-state index in [4.69, 9.17) is 27.9 Å². The highest BCUT2D eigenvalue weighted by Crippen LogP contribution is 2.37. The van der Waals surface area contributed by atoms with Gasteiger partial charge in [0.05, 0.1) is 27.4 Å². The highest BCUT2D eigenvalue weighted by molar-refractivity contribution is 7.99. The number of nitrogens with one attached hydrogen (secondary N) is 3. The Labute approximate surface area is 280 Å². The van der Waals surface area contributed by atoms with Gasteiger partial charge in [0.2, 0.25) is 17.0 Å². The van der Waals surface area contributed by atoms with Crippen molar-refractivity contribution in [1.29, 1.82) is 0 Å². The summed E-state index contributed by atoms with van der Waals surface area (Å²) >= 11 is 13.4. The van der Waals surface area contributed by atoms with Crippen LogP contribution in [0.4, 0.5) is 4.79 Å². The Morgan fingerprint density at radius 3 is 2.20 bits per heavy atom. The molecule has 4 N–H and O–H groups in total. The van der Waals surface area contributed by atoms with Crippen molar-refractivity contribution in [1.82, 2.24) is 36.2 Å². The number of amides is 3. The molecule has 3 rings (SSSR count). The number of hydrogen-bond donors (Lipinski definition) is 4. The first-order chi connectivity index (χ1) is 22.0. The van der Waals surface area contributed by atoms with Crippen LogP contribution in [-0.4, -0.2) is 73.6 Å². The quantitative estimate of drug-likeness (QED) is 0.189. The number of ketones is 1. The lowest BCUT2D eigenvalue weighted by Crippen LogP contribution is -2.52. The SMILES string of the molecule is CC.CC.CC(NC(=O)CNC(=O)OCc1ccccc1)C(=O)NC(CC(=O)O)C(=O)Cn1nnnc1Sc1c(Cl)cccc1Cl.